The van der Waals surface area contributed by atoms with Gasteiger partial charge in [0.25, 0.3) is 5.91 Å². The molecule has 1 aromatic carbocycles. The number of amides is 1. The Morgan fingerprint density at radius 3 is 2.18 bits per heavy atom. The minimum atomic E-state index is -0.232. The van der Waals surface area contributed by atoms with Gasteiger partial charge in [-0.2, -0.15) is 0 Å². The second-order valence-electron chi connectivity index (χ2n) is 7.15. The Hall–Kier alpha value is -2.63. The van der Waals surface area contributed by atoms with Crippen LogP contribution in [0.25, 0.3) is 0 Å². The molecule has 1 aliphatic rings. The van der Waals surface area contributed by atoms with Crippen LogP contribution in [0.5, 0.6) is 0 Å². The summed E-state index contributed by atoms with van der Waals surface area (Å²) in [4.78, 5) is 23.7. The molecule has 5 nitrogen and oxygen atoms in total. The van der Waals surface area contributed by atoms with E-state index in [1.165, 1.54) is 12.1 Å². The van der Waals surface area contributed by atoms with Gasteiger partial charge in [-0.1, -0.05) is 13.8 Å². The molecule has 3 rings (SSSR count). The molecule has 1 saturated heterocycles. The fourth-order valence-electron chi connectivity index (χ4n) is 3.58. The summed E-state index contributed by atoms with van der Waals surface area (Å²) in [5.74, 6) is 0.724. The van der Waals surface area contributed by atoms with Crippen molar-refractivity contribution in [1.82, 2.24) is 9.88 Å². The molecule has 2 heterocycles. The first-order chi connectivity index (χ1) is 13.6. The van der Waals surface area contributed by atoms with E-state index in [1.807, 2.05) is 17.0 Å². The zero-order chi connectivity index (χ0) is 19.9. The van der Waals surface area contributed by atoms with Crippen LogP contribution in [-0.4, -0.2) is 55.1 Å². The Kier molecular flexibility index (Phi) is 6.85. The quantitative estimate of drug-likeness (QED) is 0.728. The number of benzene rings is 1. The Labute approximate surface area is 166 Å². The predicted molar refractivity (Wildman–Crippen MR) is 112 cm³/mol. The van der Waals surface area contributed by atoms with Gasteiger partial charge in [-0.3, -0.25) is 4.79 Å². The molecule has 150 valence electrons. The summed E-state index contributed by atoms with van der Waals surface area (Å²) in [7, 11) is 0. The second kappa shape index (κ2) is 9.53. The van der Waals surface area contributed by atoms with Crippen molar-refractivity contribution in [2.45, 2.75) is 26.7 Å². The summed E-state index contributed by atoms with van der Waals surface area (Å²) in [5, 5.41) is 0. The highest BCUT2D eigenvalue weighted by Gasteiger charge is 2.22. The summed E-state index contributed by atoms with van der Waals surface area (Å²) in [6.45, 7) is 9.04. The SMILES string of the molecule is CCCN(CCC)c1ccc(C(=O)N2CCN(c3ccc(F)cc3)CC2)cn1. The number of aromatic nitrogens is 1. The average Bonchev–Trinajstić information content (AvgIpc) is 2.74. The Balaban J connectivity index is 1.59. The number of halogens is 1. The van der Waals surface area contributed by atoms with E-state index in [2.05, 4.69) is 28.6 Å². The van der Waals surface area contributed by atoms with Gasteiger partial charge in [0.15, 0.2) is 0 Å². The van der Waals surface area contributed by atoms with Crippen LogP contribution in [0.4, 0.5) is 15.9 Å². The fourth-order valence-corrected chi connectivity index (χ4v) is 3.58. The Morgan fingerprint density at radius 2 is 1.64 bits per heavy atom. The molecule has 0 saturated carbocycles. The molecule has 0 atom stereocenters. The van der Waals surface area contributed by atoms with Crippen LogP contribution >= 0.6 is 0 Å². The molecule has 1 aliphatic heterocycles. The lowest BCUT2D eigenvalue weighted by atomic mass is 10.2. The number of piperazine rings is 1. The number of anilines is 2. The molecule has 1 fully saturated rings. The number of pyridine rings is 1. The number of carbonyl (C=O) groups excluding carboxylic acids is 1. The van der Waals surface area contributed by atoms with Crippen molar-refractivity contribution in [2.75, 3.05) is 49.1 Å². The predicted octanol–water partition coefficient (Wildman–Crippen LogP) is 3.81. The van der Waals surface area contributed by atoms with Crippen molar-refractivity contribution in [1.29, 1.82) is 0 Å². The normalized spacial score (nSPS) is 14.2. The zero-order valence-electron chi connectivity index (χ0n) is 16.8. The van der Waals surface area contributed by atoms with Crippen molar-refractivity contribution in [3.05, 3.63) is 54.0 Å². The monoisotopic (exact) mass is 384 g/mol. The maximum absolute atomic E-state index is 13.1. The van der Waals surface area contributed by atoms with Crippen LogP contribution < -0.4 is 9.80 Å². The molecule has 2 aromatic rings. The van der Waals surface area contributed by atoms with Crippen LogP contribution in [0.15, 0.2) is 42.6 Å². The third kappa shape index (κ3) is 4.80. The smallest absolute Gasteiger partial charge is 0.255 e. The van der Waals surface area contributed by atoms with Gasteiger partial charge in [0.1, 0.15) is 11.6 Å². The summed E-state index contributed by atoms with van der Waals surface area (Å²) in [6.07, 6.45) is 3.84. The van der Waals surface area contributed by atoms with E-state index in [1.54, 1.807) is 18.3 Å². The maximum atomic E-state index is 13.1. The molecule has 0 bridgehead atoms. The van der Waals surface area contributed by atoms with Gasteiger partial charge in [-0.05, 0) is 49.2 Å². The van der Waals surface area contributed by atoms with Gasteiger partial charge in [0.2, 0.25) is 0 Å². The summed E-state index contributed by atoms with van der Waals surface area (Å²) < 4.78 is 13.1. The van der Waals surface area contributed by atoms with Gasteiger partial charge in [0.05, 0.1) is 5.56 Å². The summed E-state index contributed by atoms with van der Waals surface area (Å²) in [6, 6.07) is 10.4. The molecule has 0 N–H and O–H groups in total. The number of hydrogen-bond acceptors (Lipinski definition) is 4. The third-order valence-electron chi connectivity index (χ3n) is 5.06. The van der Waals surface area contributed by atoms with E-state index in [0.717, 1.165) is 50.5 Å². The molecule has 1 amide bonds. The molecule has 1 aromatic heterocycles. The Morgan fingerprint density at radius 1 is 1.00 bits per heavy atom. The number of nitrogens with zero attached hydrogens (tertiary/aromatic N) is 4. The largest absolute Gasteiger partial charge is 0.368 e. The Bertz CT molecular complexity index is 749. The molecule has 0 spiro atoms. The van der Waals surface area contributed by atoms with Crippen LogP contribution in [0.3, 0.4) is 0 Å². The minimum absolute atomic E-state index is 0.0235. The van der Waals surface area contributed by atoms with Crippen molar-refractivity contribution < 1.29 is 9.18 Å². The molecule has 6 heteroatoms. The molecule has 0 radical (unpaired) electrons. The lowest BCUT2D eigenvalue weighted by Crippen LogP contribution is -2.48. The first-order valence-corrected chi connectivity index (χ1v) is 10.1. The first kappa shape index (κ1) is 20.1. The first-order valence-electron chi connectivity index (χ1n) is 10.1. The molecule has 28 heavy (non-hydrogen) atoms. The van der Waals surface area contributed by atoms with Gasteiger partial charge < -0.3 is 14.7 Å². The minimum Gasteiger partial charge on any atom is -0.368 e. The lowest BCUT2D eigenvalue weighted by Gasteiger charge is -2.36. The topological polar surface area (TPSA) is 39.7 Å². The standard InChI is InChI=1S/C22H29FN4O/c1-3-11-26(12-4-2)21-10-5-18(17-24-21)22(28)27-15-13-25(14-16-27)20-8-6-19(23)7-9-20/h5-10,17H,3-4,11-16H2,1-2H3. The van der Waals surface area contributed by atoms with E-state index < -0.39 is 0 Å². The van der Waals surface area contributed by atoms with E-state index in [9.17, 15) is 9.18 Å². The van der Waals surface area contributed by atoms with E-state index >= 15 is 0 Å². The van der Waals surface area contributed by atoms with Crippen LogP contribution in [-0.2, 0) is 0 Å². The van der Waals surface area contributed by atoms with Gasteiger partial charge >= 0.3 is 0 Å². The third-order valence-corrected chi connectivity index (χ3v) is 5.06. The lowest BCUT2D eigenvalue weighted by molar-refractivity contribution is 0.0746. The van der Waals surface area contributed by atoms with Crippen LogP contribution in [0.1, 0.15) is 37.0 Å². The second-order valence-corrected chi connectivity index (χ2v) is 7.15. The maximum Gasteiger partial charge on any atom is 0.255 e. The van der Waals surface area contributed by atoms with Crippen LogP contribution in [0.2, 0.25) is 0 Å². The van der Waals surface area contributed by atoms with Crippen molar-refractivity contribution in [3.63, 3.8) is 0 Å². The van der Waals surface area contributed by atoms with Crippen molar-refractivity contribution in [2.24, 2.45) is 0 Å². The molecule has 0 unspecified atom stereocenters. The molecule has 0 aliphatic carbocycles. The summed E-state index contributed by atoms with van der Waals surface area (Å²) >= 11 is 0. The van der Waals surface area contributed by atoms with E-state index in [0.29, 0.717) is 18.7 Å². The highest BCUT2D eigenvalue weighted by atomic mass is 19.1. The van der Waals surface area contributed by atoms with Crippen LogP contribution in [0, 0.1) is 5.82 Å². The van der Waals surface area contributed by atoms with E-state index in [-0.39, 0.29) is 11.7 Å². The zero-order valence-corrected chi connectivity index (χ0v) is 16.8. The highest BCUT2D eigenvalue weighted by molar-refractivity contribution is 5.94. The van der Waals surface area contributed by atoms with E-state index in [4.69, 9.17) is 0 Å². The fraction of sp³-hybridized carbons (Fsp3) is 0.455. The van der Waals surface area contributed by atoms with Gasteiger partial charge in [0, 0.05) is 51.2 Å². The number of carbonyl (C=O) groups is 1. The average molecular weight is 384 g/mol. The number of hydrogen-bond donors (Lipinski definition) is 0. The van der Waals surface area contributed by atoms with Crippen molar-refractivity contribution in [3.8, 4) is 0 Å². The van der Waals surface area contributed by atoms with Crippen molar-refractivity contribution >= 4 is 17.4 Å². The highest BCUT2D eigenvalue weighted by Crippen LogP contribution is 2.19. The number of rotatable bonds is 7. The van der Waals surface area contributed by atoms with Gasteiger partial charge in [-0.25, -0.2) is 9.37 Å². The van der Waals surface area contributed by atoms with Gasteiger partial charge in [-0.15, -0.1) is 0 Å². The summed E-state index contributed by atoms with van der Waals surface area (Å²) in [5.41, 5.74) is 1.62. The molecular formula is C22H29FN4O. The molecular weight excluding hydrogens is 355 g/mol.